The van der Waals surface area contributed by atoms with Crippen molar-refractivity contribution in [1.82, 2.24) is 25.0 Å². The minimum Gasteiger partial charge on any atom is -0.388 e. The topological polar surface area (TPSA) is 106 Å². The van der Waals surface area contributed by atoms with Crippen molar-refractivity contribution in [2.75, 3.05) is 5.73 Å². The first-order valence-corrected chi connectivity index (χ1v) is 5.55. The summed E-state index contributed by atoms with van der Waals surface area (Å²) in [6.07, 6.45) is 3.66. The Balaban J connectivity index is 2.10. The molecule has 2 rings (SSSR count). The van der Waals surface area contributed by atoms with Crippen molar-refractivity contribution >= 4 is 5.82 Å². The van der Waals surface area contributed by atoms with Crippen LogP contribution in [0.4, 0.5) is 5.82 Å². The Bertz CT molecular complexity index is 477. The number of hydrogen-bond acceptors (Lipinski definition) is 5. The summed E-state index contributed by atoms with van der Waals surface area (Å²) in [5.41, 5.74) is 6.24. The van der Waals surface area contributed by atoms with Gasteiger partial charge in [0, 0.05) is 18.5 Å². The highest BCUT2D eigenvalue weighted by molar-refractivity contribution is 5.38. The second-order valence-electron chi connectivity index (χ2n) is 3.86. The number of aryl methyl sites for hydroxylation is 1. The van der Waals surface area contributed by atoms with Crippen molar-refractivity contribution in [3.8, 4) is 0 Å². The molecule has 0 spiro atoms. The molecule has 7 heteroatoms. The van der Waals surface area contributed by atoms with Gasteiger partial charge >= 0.3 is 0 Å². The number of rotatable bonds is 5. The largest absolute Gasteiger partial charge is 0.388 e. The van der Waals surface area contributed by atoms with Gasteiger partial charge in [-0.1, -0.05) is 6.92 Å². The van der Waals surface area contributed by atoms with E-state index in [0.717, 1.165) is 18.8 Å². The van der Waals surface area contributed by atoms with Gasteiger partial charge in [0.2, 0.25) is 0 Å². The van der Waals surface area contributed by atoms with Crippen LogP contribution in [0.2, 0.25) is 0 Å². The lowest BCUT2D eigenvalue weighted by Gasteiger charge is -2.09. The maximum absolute atomic E-state index is 10.0. The van der Waals surface area contributed by atoms with Gasteiger partial charge in [0.1, 0.15) is 18.0 Å². The Morgan fingerprint density at radius 3 is 3.06 bits per heavy atom. The van der Waals surface area contributed by atoms with Crippen LogP contribution in [0.5, 0.6) is 0 Å². The molecule has 0 fully saturated rings. The second-order valence-corrected chi connectivity index (χ2v) is 3.86. The lowest BCUT2D eigenvalue weighted by molar-refractivity contribution is 0.174. The molecule has 0 saturated heterocycles. The number of H-pyrrole nitrogens is 1. The molecular weight excluding hydrogens is 220 g/mol. The molecule has 92 valence electrons. The third kappa shape index (κ3) is 2.44. The van der Waals surface area contributed by atoms with E-state index in [1.165, 1.54) is 12.5 Å². The highest BCUT2D eigenvalue weighted by atomic mass is 16.3. The van der Waals surface area contributed by atoms with Crippen LogP contribution in [0.1, 0.15) is 30.8 Å². The number of hydrogen-bond donors (Lipinski definition) is 3. The lowest BCUT2D eigenvalue weighted by atomic mass is 10.1. The molecule has 7 nitrogen and oxygen atoms in total. The molecule has 0 aliphatic carbocycles. The zero-order valence-electron chi connectivity index (χ0n) is 9.67. The molecule has 2 aromatic heterocycles. The monoisotopic (exact) mass is 236 g/mol. The molecule has 1 unspecified atom stereocenters. The predicted molar refractivity (Wildman–Crippen MR) is 62.0 cm³/mol. The highest BCUT2D eigenvalue weighted by Crippen LogP contribution is 2.20. The third-order valence-corrected chi connectivity index (χ3v) is 2.57. The minimum atomic E-state index is -0.714. The number of nitrogens with two attached hydrogens (primary N) is 1. The zero-order valence-corrected chi connectivity index (χ0v) is 9.67. The summed E-state index contributed by atoms with van der Waals surface area (Å²) in [5, 5.41) is 20.5. The van der Waals surface area contributed by atoms with E-state index in [0.29, 0.717) is 17.8 Å². The molecule has 0 amide bonds. The molecule has 2 heterocycles. The Morgan fingerprint density at radius 2 is 2.41 bits per heavy atom. The normalized spacial score (nSPS) is 12.8. The van der Waals surface area contributed by atoms with Crippen LogP contribution in [-0.4, -0.2) is 30.1 Å². The highest BCUT2D eigenvalue weighted by Gasteiger charge is 2.16. The number of anilines is 1. The summed E-state index contributed by atoms with van der Waals surface area (Å²) in [6, 6.07) is 0. The van der Waals surface area contributed by atoms with Gasteiger partial charge in [0.15, 0.2) is 0 Å². The Labute approximate surface area is 98.7 Å². The van der Waals surface area contributed by atoms with Crippen molar-refractivity contribution in [3.63, 3.8) is 0 Å². The minimum absolute atomic E-state index is 0.379. The van der Waals surface area contributed by atoms with Gasteiger partial charge in [-0.3, -0.25) is 9.78 Å². The number of aliphatic hydroxyl groups excluding tert-OH is 1. The van der Waals surface area contributed by atoms with Gasteiger partial charge in [-0.05, 0) is 6.42 Å². The van der Waals surface area contributed by atoms with E-state index in [-0.39, 0.29) is 0 Å². The van der Waals surface area contributed by atoms with Gasteiger partial charge in [0.05, 0.1) is 12.3 Å². The first kappa shape index (κ1) is 11.6. The van der Waals surface area contributed by atoms with Crippen molar-refractivity contribution in [2.45, 2.75) is 32.4 Å². The molecule has 17 heavy (non-hydrogen) atoms. The fourth-order valence-corrected chi connectivity index (χ4v) is 1.70. The maximum atomic E-state index is 10.0. The quantitative estimate of drug-likeness (QED) is 0.691. The lowest BCUT2D eigenvalue weighted by Crippen LogP contribution is -2.11. The van der Waals surface area contributed by atoms with Gasteiger partial charge < -0.3 is 10.8 Å². The van der Waals surface area contributed by atoms with Gasteiger partial charge in [-0.25, -0.2) is 4.98 Å². The van der Waals surface area contributed by atoms with E-state index in [9.17, 15) is 5.11 Å². The number of nitrogen functional groups attached to an aromatic ring is 1. The predicted octanol–water partition coefficient (Wildman–Crippen LogP) is 0.270. The van der Waals surface area contributed by atoms with Gasteiger partial charge in [-0.2, -0.15) is 10.2 Å². The van der Waals surface area contributed by atoms with E-state index < -0.39 is 6.10 Å². The number of nitrogens with zero attached hydrogens (tertiary/aromatic N) is 4. The number of nitrogens with one attached hydrogen (secondary N) is 1. The summed E-state index contributed by atoms with van der Waals surface area (Å²) in [5.74, 6) is 1.14. The molecule has 0 bridgehead atoms. The number of aromatic amines is 1. The summed E-state index contributed by atoms with van der Waals surface area (Å²) in [6.45, 7) is 2.86. The Hall–Kier alpha value is -1.89. The molecule has 0 saturated carbocycles. The molecule has 4 N–H and O–H groups in total. The summed E-state index contributed by atoms with van der Waals surface area (Å²) < 4.78 is 1.79. The molecule has 0 radical (unpaired) electrons. The molecule has 0 aromatic carbocycles. The average Bonchev–Trinajstić information content (AvgIpc) is 2.89. The summed E-state index contributed by atoms with van der Waals surface area (Å²) in [7, 11) is 0. The van der Waals surface area contributed by atoms with Gasteiger partial charge in [-0.15, -0.1) is 0 Å². The summed E-state index contributed by atoms with van der Waals surface area (Å²) in [4.78, 5) is 4.13. The standard InChI is InChI=1S/C10H16N6O/c1-2-3-16-9(12-6-14-16)4-8(17)7-5-13-15-10(7)11/h5-6,8,17H,2-4H2,1H3,(H3,11,13,15). The van der Waals surface area contributed by atoms with Crippen LogP contribution in [0.15, 0.2) is 12.5 Å². The summed E-state index contributed by atoms with van der Waals surface area (Å²) >= 11 is 0. The average molecular weight is 236 g/mol. The maximum Gasteiger partial charge on any atom is 0.138 e. The fraction of sp³-hybridized carbons (Fsp3) is 0.500. The van der Waals surface area contributed by atoms with Crippen LogP contribution < -0.4 is 5.73 Å². The van der Waals surface area contributed by atoms with Crippen LogP contribution in [-0.2, 0) is 13.0 Å². The first-order chi connectivity index (χ1) is 8.22. The van der Waals surface area contributed by atoms with Crippen LogP contribution >= 0.6 is 0 Å². The fourth-order valence-electron chi connectivity index (χ4n) is 1.70. The number of aromatic nitrogens is 5. The van der Waals surface area contributed by atoms with Crippen LogP contribution in [0.3, 0.4) is 0 Å². The molecule has 1 atom stereocenters. The van der Waals surface area contributed by atoms with Crippen molar-refractivity contribution in [3.05, 3.63) is 23.9 Å². The molecule has 0 aliphatic rings. The second kappa shape index (κ2) is 4.96. The Morgan fingerprint density at radius 1 is 1.59 bits per heavy atom. The molecular formula is C10H16N6O. The van der Waals surface area contributed by atoms with Crippen LogP contribution in [0, 0.1) is 0 Å². The first-order valence-electron chi connectivity index (χ1n) is 5.55. The number of aliphatic hydroxyl groups is 1. The molecule has 2 aromatic rings. The van der Waals surface area contributed by atoms with E-state index >= 15 is 0 Å². The zero-order chi connectivity index (χ0) is 12.3. The van der Waals surface area contributed by atoms with E-state index in [1.54, 1.807) is 4.68 Å². The van der Waals surface area contributed by atoms with Crippen molar-refractivity contribution < 1.29 is 5.11 Å². The Kier molecular flexibility index (Phi) is 3.38. The van der Waals surface area contributed by atoms with E-state index in [4.69, 9.17) is 5.73 Å². The van der Waals surface area contributed by atoms with E-state index in [2.05, 4.69) is 27.2 Å². The third-order valence-electron chi connectivity index (χ3n) is 2.57. The van der Waals surface area contributed by atoms with Crippen molar-refractivity contribution in [2.24, 2.45) is 0 Å². The van der Waals surface area contributed by atoms with Gasteiger partial charge in [0.25, 0.3) is 0 Å². The smallest absolute Gasteiger partial charge is 0.138 e. The van der Waals surface area contributed by atoms with E-state index in [1.807, 2.05) is 0 Å². The van der Waals surface area contributed by atoms with Crippen molar-refractivity contribution in [1.29, 1.82) is 0 Å². The SMILES string of the molecule is CCCn1ncnc1CC(O)c1cn[nH]c1N. The molecule has 0 aliphatic heterocycles. The van der Waals surface area contributed by atoms with Crippen LogP contribution in [0.25, 0.3) is 0 Å².